The van der Waals surface area contributed by atoms with E-state index < -0.39 is 0 Å². The highest BCUT2D eigenvalue weighted by Crippen LogP contribution is 2.47. The minimum absolute atomic E-state index is 0.886. The molecule has 1 saturated carbocycles. The highest BCUT2D eigenvalue weighted by atomic mass is 16.5. The monoisotopic (exact) mass is 195 g/mol. The first-order chi connectivity index (χ1) is 6.81. The Kier molecular flexibility index (Phi) is 3.50. The lowest BCUT2D eigenvalue weighted by Gasteiger charge is -2.29. The Bertz CT molecular complexity index is 180. The van der Waals surface area contributed by atoms with Crippen LogP contribution in [0.25, 0.3) is 0 Å². The minimum Gasteiger partial charge on any atom is -0.381 e. The van der Waals surface area contributed by atoms with Gasteiger partial charge in [0.1, 0.15) is 0 Å². The van der Waals surface area contributed by atoms with Crippen LogP contribution in [0.4, 0.5) is 0 Å². The normalized spacial score (nSPS) is 34.6. The van der Waals surface area contributed by atoms with E-state index in [1.165, 1.54) is 32.4 Å². The third-order valence-electron chi connectivity index (χ3n) is 3.88. The second-order valence-corrected chi connectivity index (χ2v) is 4.96. The zero-order valence-corrected chi connectivity index (χ0v) is 9.54. The molecule has 1 heterocycles. The highest BCUT2D eigenvalue weighted by Gasteiger charge is 2.42. The van der Waals surface area contributed by atoms with E-state index in [1.807, 2.05) is 0 Å². The van der Waals surface area contributed by atoms with Crippen molar-refractivity contribution in [2.45, 2.75) is 26.2 Å². The molecule has 0 radical (unpaired) electrons. The minimum atomic E-state index is 0.886. The van der Waals surface area contributed by atoms with Gasteiger partial charge >= 0.3 is 0 Å². The summed E-state index contributed by atoms with van der Waals surface area (Å²) in [7, 11) is 2.24. The number of ether oxygens (including phenoxy) is 1. The molecular formula is C11H22BNO. The first-order valence-corrected chi connectivity index (χ1v) is 6.07. The van der Waals surface area contributed by atoms with Gasteiger partial charge in [-0.05, 0) is 57.0 Å². The van der Waals surface area contributed by atoms with E-state index in [2.05, 4.69) is 19.7 Å². The molecule has 0 unspecified atom stereocenters. The lowest BCUT2D eigenvalue weighted by molar-refractivity contribution is 0.126. The second-order valence-electron chi connectivity index (χ2n) is 4.96. The zero-order chi connectivity index (χ0) is 9.97. The molecule has 1 saturated heterocycles. The van der Waals surface area contributed by atoms with Gasteiger partial charge in [0.05, 0.1) is 0 Å². The van der Waals surface area contributed by atoms with Gasteiger partial charge in [-0.3, -0.25) is 0 Å². The van der Waals surface area contributed by atoms with Gasteiger partial charge in [0.25, 0.3) is 0 Å². The zero-order valence-electron chi connectivity index (χ0n) is 9.54. The molecule has 3 heteroatoms. The molecule has 2 rings (SSSR count). The quantitative estimate of drug-likeness (QED) is 0.618. The second kappa shape index (κ2) is 4.67. The lowest BCUT2D eigenvalue weighted by Crippen LogP contribution is -2.32. The number of piperidine rings is 1. The molecule has 80 valence electrons. The van der Waals surface area contributed by atoms with Crippen LogP contribution >= 0.6 is 0 Å². The van der Waals surface area contributed by atoms with Gasteiger partial charge in [0, 0.05) is 13.2 Å². The van der Waals surface area contributed by atoms with Crippen LogP contribution in [-0.4, -0.2) is 39.1 Å². The fraction of sp³-hybridized carbons (Fsp3) is 1.00. The molecule has 0 amide bonds. The summed E-state index contributed by atoms with van der Waals surface area (Å²) in [5.41, 5.74) is 0. The summed E-state index contributed by atoms with van der Waals surface area (Å²) >= 11 is 0. The van der Waals surface area contributed by atoms with E-state index in [0.29, 0.717) is 0 Å². The van der Waals surface area contributed by atoms with Crippen LogP contribution in [-0.2, 0) is 4.74 Å². The van der Waals surface area contributed by atoms with Gasteiger partial charge in [-0.15, -0.1) is 0 Å². The van der Waals surface area contributed by atoms with E-state index in [-0.39, 0.29) is 0 Å². The summed E-state index contributed by atoms with van der Waals surface area (Å²) in [6.45, 7) is 6.61. The molecule has 2 aliphatic rings. The summed E-state index contributed by atoms with van der Waals surface area (Å²) in [6, 6.07) is 0. The van der Waals surface area contributed by atoms with Gasteiger partial charge in [0.2, 0.25) is 0 Å². The molecule has 0 aromatic carbocycles. The van der Waals surface area contributed by atoms with Gasteiger partial charge in [-0.1, -0.05) is 0 Å². The highest BCUT2D eigenvalue weighted by molar-refractivity contribution is 6.04. The Morgan fingerprint density at radius 1 is 1.36 bits per heavy atom. The van der Waals surface area contributed by atoms with Crippen molar-refractivity contribution in [2.24, 2.45) is 17.8 Å². The van der Waals surface area contributed by atoms with Crippen LogP contribution in [0.2, 0.25) is 0 Å². The molecule has 1 aliphatic carbocycles. The van der Waals surface area contributed by atoms with Crippen molar-refractivity contribution in [1.29, 1.82) is 0 Å². The third kappa shape index (κ3) is 2.51. The maximum atomic E-state index is 5.49. The molecule has 2 fully saturated rings. The van der Waals surface area contributed by atoms with Crippen LogP contribution in [0.15, 0.2) is 0 Å². The Balaban J connectivity index is 1.66. The molecule has 2 nitrogen and oxygen atoms in total. The molecule has 0 aromatic rings. The first kappa shape index (κ1) is 10.5. The lowest BCUT2D eigenvalue weighted by atomic mass is 9.90. The average molecular weight is 195 g/mol. The van der Waals surface area contributed by atoms with Crippen molar-refractivity contribution in [3.8, 4) is 0 Å². The van der Waals surface area contributed by atoms with Crippen LogP contribution in [0.1, 0.15) is 26.2 Å². The van der Waals surface area contributed by atoms with Gasteiger partial charge < -0.3 is 9.55 Å². The van der Waals surface area contributed by atoms with E-state index in [4.69, 9.17) is 4.74 Å². The van der Waals surface area contributed by atoms with Crippen molar-refractivity contribution >= 4 is 7.98 Å². The van der Waals surface area contributed by atoms with E-state index in [0.717, 1.165) is 31.0 Å². The van der Waals surface area contributed by atoms with Crippen molar-refractivity contribution in [1.82, 2.24) is 4.81 Å². The summed E-state index contributed by atoms with van der Waals surface area (Å²) < 4.78 is 5.49. The van der Waals surface area contributed by atoms with Crippen LogP contribution in [0.3, 0.4) is 0 Å². The van der Waals surface area contributed by atoms with Crippen LogP contribution in [0, 0.1) is 17.8 Å². The van der Waals surface area contributed by atoms with Gasteiger partial charge in [0.15, 0.2) is 7.98 Å². The Morgan fingerprint density at radius 3 is 2.71 bits per heavy atom. The number of hydrogen-bond donors (Lipinski definition) is 0. The van der Waals surface area contributed by atoms with Crippen LogP contribution < -0.4 is 0 Å². The molecule has 0 bridgehead atoms. The number of nitrogens with zero attached hydrogens (tertiary/aromatic N) is 1. The average Bonchev–Trinajstić information content (AvgIpc) is 2.95. The van der Waals surface area contributed by atoms with Crippen LogP contribution in [0.5, 0.6) is 0 Å². The Labute approximate surface area is 88.4 Å². The van der Waals surface area contributed by atoms with E-state index in [9.17, 15) is 0 Å². The number of rotatable bonds is 4. The van der Waals surface area contributed by atoms with Gasteiger partial charge in [-0.25, -0.2) is 0 Å². The smallest absolute Gasteiger partial charge is 0.185 e. The summed E-state index contributed by atoms with van der Waals surface area (Å²) in [5, 5.41) is 0. The molecule has 14 heavy (non-hydrogen) atoms. The predicted octanol–water partition coefficient (Wildman–Crippen LogP) is 0.919. The fourth-order valence-corrected chi connectivity index (χ4v) is 2.77. The van der Waals surface area contributed by atoms with Crippen molar-refractivity contribution in [3.63, 3.8) is 0 Å². The molecular weight excluding hydrogens is 173 g/mol. The molecule has 0 N–H and O–H groups in total. The summed E-state index contributed by atoms with van der Waals surface area (Å²) in [4.78, 5) is 2.45. The molecule has 0 aromatic heterocycles. The summed E-state index contributed by atoms with van der Waals surface area (Å²) in [5.74, 6) is 2.93. The van der Waals surface area contributed by atoms with Crippen molar-refractivity contribution in [3.05, 3.63) is 0 Å². The molecule has 0 spiro atoms. The third-order valence-corrected chi connectivity index (χ3v) is 3.88. The van der Waals surface area contributed by atoms with Crippen molar-refractivity contribution < 1.29 is 4.74 Å². The maximum Gasteiger partial charge on any atom is 0.185 e. The molecule has 2 atom stereocenters. The standard InChI is InChI=1S/C11H22BNO/c1-2-14-8-10-7-11(10)9-3-5-13(12)6-4-9/h9-11H,2-8,12H2,1H3/t10-,11+/m0/s1. The van der Waals surface area contributed by atoms with Crippen molar-refractivity contribution in [2.75, 3.05) is 26.3 Å². The first-order valence-electron chi connectivity index (χ1n) is 6.07. The number of hydrogen-bond acceptors (Lipinski definition) is 2. The SMILES string of the molecule is BN1CCC([C@H]2C[C@H]2COCC)CC1. The summed E-state index contributed by atoms with van der Waals surface area (Å²) in [6.07, 6.45) is 4.28. The fourth-order valence-electron chi connectivity index (χ4n) is 2.77. The van der Waals surface area contributed by atoms with E-state index in [1.54, 1.807) is 0 Å². The van der Waals surface area contributed by atoms with Gasteiger partial charge in [-0.2, -0.15) is 0 Å². The predicted molar refractivity (Wildman–Crippen MR) is 60.9 cm³/mol. The molecule has 1 aliphatic heterocycles. The maximum absolute atomic E-state index is 5.49. The Hall–Kier alpha value is -0.0151. The Morgan fingerprint density at radius 2 is 2.07 bits per heavy atom. The largest absolute Gasteiger partial charge is 0.381 e. The van der Waals surface area contributed by atoms with E-state index >= 15 is 0 Å². The topological polar surface area (TPSA) is 12.5 Å².